The Bertz CT molecular complexity index is 2620. The topological polar surface area (TPSA) is 185 Å². The molecular formula is C53H65N5O10Si. The van der Waals surface area contributed by atoms with E-state index in [0.29, 0.717) is 12.1 Å². The lowest BCUT2D eigenvalue weighted by molar-refractivity contribution is -0.155. The number of carbonyl (C=O) groups is 5. The number of nitrogens with one attached hydrogen (secondary N) is 3. The van der Waals surface area contributed by atoms with Crippen molar-refractivity contribution in [2.75, 3.05) is 24.0 Å². The Morgan fingerprint density at radius 3 is 2.03 bits per heavy atom. The molecule has 4 atom stereocenters. The van der Waals surface area contributed by atoms with E-state index in [1.54, 1.807) is 52.6 Å². The van der Waals surface area contributed by atoms with E-state index in [2.05, 4.69) is 50.0 Å². The molecule has 0 aromatic heterocycles. The maximum Gasteiger partial charge on any atom is 0.417 e. The number of carbonyl (C=O) groups excluding carboxylic acids is 5. The van der Waals surface area contributed by atoms with Gasteiger partial charge >= 0.3 is 12.1 Å². The van der Waals surface area contributed by atoms with Crippen molar-refractivity contribution in [1.82, 2.24) is 15.6 Å². The van der Waals surface area contributed by atoms with E-state index in [9.17, 15) is 29.1 Å². The zero-order valence-corrected chi connectivity index (χ0v) is 42.6. The second-order valence-electron chi connectivity index (χ2n) is 20.8. The molecule has 4 aromatic carbocycles. The van der Waals surface area contributed by atoms with E-state index in [1.807, 2.05) is 72.8 Å². The molecule has 0 spiro atoms. The van der Waals surface area contributed by atoms with Crippen molar-refractivity contribution in [3.8, 4) is 22.6 Å². The highest BCUT2D eigenvalue weighted by Gasteiger charge is 2.51. The largest absolute Gasteiger partial charge is 0.504 e. The summed E-state index contributed by atoms with van der Waals surface area (Å²) in [5.41, 5.74) is 11.9. The van der Waals surface area contributed by atoms with E-state index in [1.165, 1.54) is 24.1 Å². The summed E-state index contributed by atoms with van der Waals surface area (Å²) in [4.78, 5) is 72.2. The van der Waals surface area contributed by atoms with Crippen molar-refractivity contribution in [2.45, 2.75) is 123 Å². The van der Waals surface area contributed by atoms with E-state index < -0.39 is 73.8 Å². The average Bonchev–Trinajstić information content (AvgIpc) is 3.85. The Morgan fingerprint density at radius 1 is 0.855 bits per heavy atom. The van der Waals surface area contributed by atoms with Gasteiger partial charge in [-0.1, -0.05) is 95.3 Å². The van der Waals surface area contributed by atoms with Crippen LogP contribution in [0.4, 0.5) is 16.2 Å². The minimum Gasteiger partial charge on any atom is -0.504 e. The van der Waals surface area contributed by atoms with Gasteiger partial charge in [-0.15, -0.1) is 0 Å². The average molecular weight is 960 g/mol. The summed E-state index contributed by atoms with van der Waals surface area (Å²) in [6.45, 7) is 20.8. The maximum absolute atomic E-state index is 14.7. The number of nitrogens with zero attached hydrogens (tertiary/aromatic N) is 2. The molecule has 0 saturated heterocycles. The molecule has 0 fully saturated rings. The molecule has 4 N–H and O–H groups in total. The molecule has 15 nitrogen and oxygen atoms in total. The summed E-state index contributed by atoms with van der Waals surface area (Å²) in [5, 5.41) is 13.5. The van der Waals surface area contributed by atoms with Gasteiger partial charge in [-0.3, -0.25) is 14.4 Å². The van der Waals surface area contributed by atoms with Gasteiger partial charge in [0.15, 0.2) is 26.0 Å². The number of methoxy groups -OCH3 is 1. The lowest BCUT2D eigenvalue weighted by Gasteiger charge is -2.44. The molecule has 7 rings (SSSR count). The summed E-state index contributed by atoms with van der Waals surface area (Å²) in [5.74, 6) is -3.55. The summed E-state index contributed by atoms with van der Waals surface area (Å²) in [7, 11) is -1.27. The van der Waals surface area contributed by atoms with Crippen molar-refractivity contribution >= 4 is 54.9 Å². The number of esters is 1. The Balaban J connectivity index is 1.04. The van der Waals surface area contributed by atoms with Crippen LogP contribution in [0.1, 0.15) is 102 Å². The standard InChI is InChI=1S/C53H65N5O10Si/c1-30(2)45(46(60)50(63)66-29-40-37-19-15-13-17-35(37)36-18-14-16-20-38(36)40)54-47(61)31(3)55-56-34-23-21-32(22-24-34)33-25-42-49(68-69(11,12)53(7,8)9)58(51(64)67-52(4,5)6)41-27-43(59)44(65-10)26-39(41)48(62)57(42)28-33/h13-24,26-28,30-31,40,42,45,49,55-56,59H,25,29H2,1-12H3,(H,54,61)/t31-,42+,45+,49+/m1/s1. The highest BCUT2D eigenvalue weighted by molar-refractivity contribution is 6.74. The Kier molecular flexibility index (Phi) is 14.2. The first-order valence-corrected chi connectivity index (χ1v) is 26.3. The number of phenolic OH excluding ortho intramolecular Hbond substituents is 1. The number of hydrogen-bond acceptors (Lipinski definition) is 12. The molecule has 366 valence electrons. The van der Waals surface area contributed by atoms with Gasteiger partial charge in [0.05, 0.1) is 24.4 Å². The van der Waals surface area contributed by atoms with Crippen LogP contribution in [0.15, 0.2) is 91.1 Å². The number of aromatic hydroxyl groups is 1. The van der Waals surface area contributed by atoms with E-state index in [0.717, 1.165) is 33.4 Å². The number of phenols is 1. The fourth-order valence-corrected chi connectivity index (χ4v) is 9.80. The lowest BCUT2D eigenvalue weighted by Crippen LogP contribution is -2.58. The van der Waals surface area contributed by atoms with Crippen LogP contribution in [0.25, 0.3) is 16.7 Å². The highest BCUT2D eigenvalue weighted by Crippen LogP contribution is 2.47. The molecule has 0 radical (unpaired) electrons. The van der Waals surface area contributed by atoms with Crippen molar-refractivity contribution in [2.24, 2.45) is 5.92 Å². The van der Waals surface area contributed by atoms with E-state index >= 15 is 0 Å². The third-order valence-corrected chi connectivity index (χ3v) is 17.8. The number of hydrazine groups is 1. The first kappa shape index (κ1) is 50.4. The van der Waals surface area contributed by atoms with Crippen LogP contribution >= 0.6 is 0 Å². The smallest absolute Gasteiger partial charge is 0.417 e. The number of rotatable bonds is 14. The zero-order chi connectivity index (χ0) is 50.3. The number of ketones is 1. The number of anilines is 2. The van der Waals surface area contributed by atoms with E-state index in [-0.39, 0.29) is 40.3 Å². The molecule has 0 saturated carbocycles. The van der Waals surface area contributed by atoms with Crippen molar-refractivity contribution in [3.63, 3.8) is 0 Å². The summed E-state index contributed by atoms with van der Waals surface area (Å²) < 4.78 is 24.1. The third-order valence-electron chi connectivity index (χ3n) is 13.4. The molecular weight excluding hydrogens is 895 g/mol. The van der Waals surface area contributed by atoms with Crippen molar-refractivity contribution in [1.29, 1.82) is 0 Å². The van der Waals surface area contributed by atoms with Crippen LogP contribution in [0.5, 0.6) is 11.5 Å². The first-order valence-electron chi connectivity index (χ1n) is 23.4. The molecule has 0 bridgehead atoms. The van der Waals surface area contributed by atoms with Gasteiger partial charge in [0, 0.05) is 23.9 Å². The van der Waals surface area contributed by atoms with Crippen molar-refractivity contribution < 1.29 is 47.7 Å². The fourth-order valence-electron chi connectivity index (χ4n) is 8.58. The Hall–Kier alpha value is -6.49. The van der Waals surface area contributed by atoms with Crippen LogP contribution in [0.3, 0.4) is 0 Å². The van der Waals surface area contributed by atoms with Gasteiger partial charge in [0.1, 0.15) is 24.3 Å². The van der Waals surface area contributed by atoms with Crippen molar-refractivity contribution in [3.05, 3.63) is 113 Å². The van der Waals surface area contributed by atoms with Crippen LogP contribution < -0.4 is 25.8 Å². The molecule has 69 heavy (non-hydrogen) atoms. The molecule has 3 aliphatic rings. The van der Waals surface area contributed by atoms with E-state index in [4.69, 9.17) is 18.6 Å². The summed E-state index contributed by atoms with van der Waals surface area (Å²) >= 11 is 0. The molecule has 2 heterocycles. The predicted octanol–water partition coefficient (Wildman–Crippen LogP) is 9.13. The molecule has 16 heteroatoms. The quantitative estimate of drug-likeness (QED) is 0.0407. The Labute approximate surface area is 405 Å². The van der Waals surface area contributed by atoms with Gasteiger partial charge in [-0.2, -0.15) is 0 Å². The molecule has 2 aliphatic heterocycles. The number of benzene rings is 4. The highest BCUT2D eigenvalue weighted by atomic mass is 28.4. The predicted molar refractivity (Wildman–Crippen MR) is 267 cm³/mol. The van der Waals surface area contributed by atoms with Crippen LogP contribution in [0, 0.1) is 5.92 Å². The molecule has 0 unspecified atom stereocenters. The van der Waals surface area contributed by atoms with Crippen LogP contribution in [-0.4, -0.2) is 91.7 Å². The molecule has 1 aliphatic carbocycles. The fraction of sp³-hybridized carbons (Fsp3) is 0.415. The first-order chi connectivity index (χ1) is 32.4. The lowest BCUT2D eigenvalue weighted by atomic mass is 9.97. The maximum atomic E-state index is 14.7. The number of ether oxygens (including phenoxy) is 3. The minimum atomic E-state index is -2.66. The monoisotopic (exact) mass is 959 g/mol. The summed E-state index contributed by atoms with van der Waals surface area (Å²) in [6, 6.07) is 23.4. The van der Waals surface area contributed by atoms with Gasteiger partial charge in [-0.25, -0.2) is 19.9 Å². The van der Waals surface area contributed by atoms with Gasteiger partial charge < -0.3 is 39.4 Å². The normalized spacial score (nSPS) is 17.7. The third kappa shape index (κ3) is 10.4. The second-order valence-corrected chi connectivity index (χ2v) is 25.5. The van der Waals surface area contributed by atoms with Gasteiger partial charge in [-0.05, 0) is 110 Å². The van der Waals surface area contributed by atoms with Gasteiger partial charge in [0.2, 0.25) is 5.91 Å². The number of hydrogen-bond donors (Lipinski definition) is 4. The molecule has 3 amide bonds. The Morgan fingerprint density at radius 2 is 1.46 bits per heavy atom. The summed E-state index contributed by atoms with van der Waals surface area (Å²) in [6.07, 6.45) is 0.358. The second kappa shape index (κ2) is 19.5. The molecule has 4 aromatic rings. The number of fused-ring (bicyclic) bond motifs is 5. The minimum absolute atomic E-state index is 0.0125. The van der Waals surface area contributed by atoms with Gasteiger partial charge in [0.25, 0.3) is 11.7 Å². The number of Topliss-reactive ketones (excluding diaryl/α,β-unsaturated/α-hetero) is 1. The van der Waals surface area contributed by atoms with Crippen LogP contribution in [-0.2, 0) is 28.3 Å². The zero-order valence-electron chi connectivity index (χ0n) is 41.6. The SMILES string of the molecule is COc1cc2c(cc1O)N(C(=O)OC(C)(C)C)[C@@H](O[Si](C)(C)C(C)(C)C)[C@@H]1CC(c3ccc(NN[C@H](C)C(=O)N[C@H](C(=O)C(=O)OCC4c5ccccc5-c5ccccc54)C(C)C)cc3)=CN1C2=O. The number of amides is 3. The van der Waals surface area contributed by atoms with Crippen LogP contribution in [0.2, 0.25) is 18.1 Å².